The molecule has 0 aliphatic rings. The zero-order valence-corrected chi connectivity index (χ0v) is 27.0. The predicted octanol–water partition coefficient (Wildman–Crippen LogP) is 4.67. The Morgan fingerprint density at radius 1 is 0.625 bits per heavy atom. The van der Waals surface area contributed by atoms with Crippen LogP contribution in [0.1, 0.15) is 48.3 Å². The van der Waals surface area contributed by atoms with Crippen LogP contribution in [0.5, 0.6) is 23.0 Å². The highest BCUT2D eigenvalue weighted by Gasteiger charge is 2.16. The lowest BCUT2D eigenvalue weighted by Crippen LogP contribution is -2.32. The van der Waals surface area contributed by atoms with Crippen LogP contribution in [0.3, 0.4) is 0 Å². The minimum Gasteiger partial charge on any atom is -0.508 e. The number of aromatic hydroxyl groups is 2. The summed E-state index contributed by atoms with van der Waals surface area (Å²) in [5.41, 5.74) is 2.99. The Kier molecular flexibility index (Phi) is 13.3. The average molecular weight is 655 g/mol. The predicted molar refractivity (Wildman–Crippen MR) is 182 cm³/mol. The summed E-state index contributed by atoms with van der Waals surface area (Å²) < 4.78 is 10.5. The molecule has 4 atom stereocenters. The molecule has 0 aromatic heterocycles. The maximum atomic E-state index is 12.4. The summed E-state index contributed by atoms with van der Waals surface area (Å²) in [4.78, 5) is 24.9. The quantitative estimate of drug-likeness (QED) is 0.0570. The first-order valence-corrected chi connectivity index (χ1v) is 15.7. The molecular formula is C38H42N2O8. The topological polar surface area (TPSA) is 158 Å². The second-order valence-corrected chi connectivity index (χ2v) is 11.7. The van der Waals surface area contributed by atoms with E-state index < -0.39 is 24.1 Å². The van der Waals surface area contributed by atoms with Gasteiger partial charge < -0.3 is 40.5 Å². The maximum absolute atomic E-state index is 12.4. The van der Waals surface area contributed by atoms with Crippen molar-refractivity contribution in [2.75, 3.05) is 13.1 Å². The molecule has 0 saturated heterocycles. The van der Waals surface area contributed by atoms with Gasteiger partial charge in [0.1, 0.15) is 23.0 Å². The number of hydrogen-bond acceptors (Lipinski definition) is 10. The van der Waals surface area contributed by atoms with Crippen LogP contribution < -0.4 is 20.1 Å². The molecule has 0 fully saturated rings. The molecule has 0 aliphatic carbocycles. The minimum absolute atomic E-state index is 0.0253. The van der Waals surface area contributed by atoms with Gasteiger partial charge in [-0.3, -0.25) is 0 Å². The van der Waals surface area contributed by atoms with Crippen LogP contribution in [0.4, 0.5) is 0 Å². The Morgan fingerprint density at radius 3 is 1.38 bits per heavy atom. The maximum Gasteiger partial charge on any atom is 0.336 e. The molecular weight excluding hydrogens is 612 g/mol. The SMILES string of the molecule is C[C@@H](Cc1ccccc1)NC[C@@H](O)c1cc(O)cc(OC(=O)/C=C/C(=O)Oc2cc(O)cc([C@H](O)CN[C@@H](C)Cc3ccccc3)c2)c1. The highest BCUT2D eigenvalue weighted by atomic mass is 16.5. The van der Waals surface area contributed by atoms with Crippen molar-refractivity contribution in [1.29, 1.82) is 0 Å². The van der Waals surface area contributed by atoms with E-state index in [9.17, 15) is 30.0 Å². The van der Waals surface area contributed by atoms with Gasteiger partial charge in [-0.25, -0.2) is 9.59 Å². The Labute approximate surface area is 280 Å². The van der Waals surface area contributed by atoms with Gasteiger partial charge in [0.15, 0.2) is 0 Å². The molecule has 4 aromatic carbocycles. The van der Waals surface area contributed by atoms with Gasteiger partial charge >= 0.3 is 11.9 Å². The van der Waals surface area contributed by atoms with E-state index in [1.54, 1.807) is 0 Å². The minimum atomic E-state index is -0.988. The van der Waals surface area contributed by atoms with Crippen LogP contribution in [0.15, 0.2) is 109 Å². The number of aliphatic hydroxyl groups excluding tert-OH is 2. The number of phenolic OH excluding ortho intramolecular Hbond substituents is 2. The fourth-order valence-corrected chi connectivity index (χ4v) is 5.09. The number of carbonyl (C=O) groups excluding carboxylic acids is 2. The molecule has 0 amide bonds. The molecule has 0 spiro atoms. The first kappa shape index (κ1) is 35.8. The van der Waals surface area contributed by atoms with Gasteiger partial charge in [0.2, 0.25) is 0 Å². The van der Waals surface area contributed by atoms with Crippen molar-refractivity contribution in [2.24, 2.45) is 0 Å². The van der Waals surface area contributed by atoms with Crippen molar-refractivity contribution in [3.63, 3.8) is 0 Å². The summed E-state index contributed by atoms with van der Waals surface area (Å²) in [7, 11) is 0. The fraction of sp³-hybridized carbons (Fsp3) is 0.263. The molecule has 6 N–H and O–H groups in total. The normalized spacial score (nSPS) is 13.8. The molecule has 0 unspecified atom stereocenters. The van der Waals surface area contributed by atoms with Gasteiger partial charge in [-0.15, -0.1) is 0 Å². The van der Waals surface area contributed by atoms with E-state index in [-0.39, 0.29) is 48.2 Å². The summed E-state index contributed by atoms with van der Waals surface area (Å²) in [6.45, 7) is 4.41. The molecule has 0 heterocycles. The van der Waals surface area contributed by atoms with Gasteiger partial charge in [-0.1, -0.05) is 60.7 Å². The number of phenols is 2. The molecule has 4 aromatic rings. The fourth-order valence-electron chi connectivity index (χ4n) is 5.09. The van der Waals surface area contributed by atoms with Crippen LogP contribution in [-0.4, -0.2) is 57.5 Å². The molecule has 10 heteroatoms. The van der Waals surface area contributed by atoms with Crippen molar-refractivity contribution in [3.05, 3.63) is 131 Å². The molecule has 48 heavy (non-hydrogen) atoms. The van der Waals surface area contributed by atoms with Crippen LogP contribution in [0.2, 0.25) is 0 Å². The number of carbonyl (C=O) groups is 2. The molecule has 0 saturated carbocycles. The first-order chi connectivity index (χ1) is 23.0. The van der Waals surface area contributed by atoms with Gasteiger partial charge in [-0.2, -0.15) is 0 Å². The van der Waals surface area contributed by atoms with Crippen LogP contribution in [0.25, 0.3) is 0 Å². The van der Waals surface area contributed by atoms with E-state index in [1.807, 2.05) is 74.5 Å². The van der Waals surface area contributed by atoms with Crippen LogP contribution in [0, 0.1) is 0 Å². The smallest absolute Gasteiger partial charge is 0.336 e. The highest BCUT2D eigenvalue weighted by Crippen LogP contribution is 2.27. The number of esters is 2. The molecule has 10 nitrogen and oxygen atoms in total. The van der Waals surface area contributed by atoms with Gasteiger partial charge in [0.05, 0.1) is 12.2 Å². The Morgan fingerprint density at radius 2 is 1.00 bits per heavy atom. The number of ether oxygens (including phenoxy) is 2. The number of rotatable bonds is 16. The second-order valence-electron chi connectivity index (χ2n) is 11.7. The third-order valence-corrected chi connectivity index (χ3v) is 7.48. The number of benzene rings is 4. The number of hydrogen-bond donors (Lipinski definition) is 6. The molecule has 0 radical (unpaired) electrons. The Bertz CT molecular complexity index is 1540. The lowest BCUT2D eigenvalue weighted by atomic mass is 10.1. The van der Waals surface area contributed by atoms with E-state index in [1.165, 1.54) is 36.4 Å². The van der Waals surface area contributed by atoms with Gasteiger partial charge in [0, 0.05) is 49.5 Å². The lowest BCUT2D eigenvalue weighted by molar-refractivity contribution is -0.131. The van der Waals surface area contributed by atoms with Gasteiger partial charge in [0.25, 0.3) is 0 Å². The van der Waals surface area contributed by atoms with Crippen LogP contribution >= 0.6 is 0 Å². The average Bonchev–Trinajstić information content (AvgIpc) is 3.05. The van der Waals surface area contributed by atoms with Gasteiger partial charge in [-0.05, 0) is 73.2 Å². The van der Waals surface area contributed by atoms with E-state index >= 15 is 0 Å². The van der Waals surface area contributed by atoms with E-state index in [4.69, 9.17) is 9.47 Å². The first-order valence-electron chi connectivity index (χ1n) is 15.7. The summed E-state index contributed by atoms with van der Waals surface area (Å²) in [5, 5.41) is 48.2. The molecule has 0 bridgehead atoms. The zero-order chi connectivity index (χ0) is 34.5. The Hall–Kier alpha value is -5.00. The summed E-state index contributed by atoms with van der Waals surface area (Å²) in [6, 6.07) is 28.1. The third-order valence-electron chi connectivity index (χ3n) is 7.48. The number of nitrogens with one attached hydrogen (secondary N) is 2. The van der Waals surface area contributed by atoms with E-state index in [2.05, 4.69) is 10.6 Å². The number of aliphatic hydroxyl groups is 2. The third kappa shape index (κ3) is 12.0. The summed E-state index contributed by atoms with van der Waals surface area (Å²) in [6.07, 6.45) is 1.27. The molecule has 0 aliphatic heterocycles. The molecule has 252 valence electrons. The van der Waals surface area contributed by atoms with Crippen molar-refractivity contribution >= 4 is 11.9 Å². The van der Waals surface area contributed by atoms with Crippen molar-refractivity contribution in [2.45, 2.75) is 51.0 Å². The van der Waals surface area contributed by atoms with E-state index in [0.717, 1.165) is 36.1 Å². The summed E-state index contributed by atoms with van der Waals surface area (Å²) >= 11 is 0. The van der Waals surface area contributed by atoms with Crippen molar-refractivity contribution in [1.82, 2.24) is 10.6 Å². The van der Waals surface area contributed by atoms with Crippen molar-refractivity contribution < 1.29 is 39.5 Å². The monoisotopic (exact) mass is 654 g/mol. The lowest BCUT2D eigenvalue weighted by Gasteiger charge is -2.18. The van der Waals surface area contributed by atoms with Crippen molar-refractivity contribution in [3.8, 4) is 23.0 Å². The zero-order valence-electron chi connectivity index (χ0n) is 27.0. The van der Waals surface area contributed by atoms with Crippen LogP contribution in [-0.2, 0) is 22.4 Å². The summed E-state index contributed by atoms with van der Waals surface area (Å²) in [5.74, 6) is -2.31. The van der Waals surface area contributed by atoms with E-state index in [0.29, 0.717) is 11.1 Å². The molecule has 4 rings (SSSR count). The highest BCUT2D eigenvalue weighted by molar-refractivity contribution is 5.93. The standard InChI is InChI=1S/C38H42N2O8/c1-25(15-27-9-5-3-6-10-27)39-23-35(43)29-17-31(41)21-33(19-29)47-37(45)13-14-38(46)48-34-20-30(18-32(42)22-34)36(44)24-40-26(2)16-28-11-7-4-8-12-28/h3-14,17-22,25-26,35-36,39-44H,15-16,23-24H2,1-2H3/b14-13+/t25-,26-,35+,36+/m0/s1. The Balaban J connectivity index is 1.26. The second kappa shape index (κ2) is 17.8. The largest absolute Gasteiger partial charge is 0.508 e.